The lowest BCUT2D eigenvalue weighted by Crippen LogP contribution is -2.05. The lowest BCUT2D eigenvalue weighted by atomic mass is 10.0. The van der Waals surface area contributed by atoms with Crippen LogP contribution in [0.4, 0.5) is 5.69 Å². The smallest absolute Gasteiger partial charge is 0.371 e. The Morgan fingerprint density at radius 1 is 1.14 bits per heavy atom. The predicted octanol–water partition coefficient (Wildman–Crippen LogP) is 2.16. The first-order valence-corrected chi connectivity index (χ1v) is 6.06. The van der Waals surface area contributed by atoms with E-state index < -0.39 is 17.5 Å². The molecule has 0 aliphatic rings. The lowest BCUT2D eigenvalue weighted by Gasteiger charge is -2.02. The van der Waals surface area contributed by atoms with E-state index in [4.69, 9.17) is 20.4 Å². The Morgan fingerprint density at radius 3 is 2.43 bits per heavy atom. The number of aliphatic carboxylic acids is 1. The third-order valence-electron chi connectivity index (χ3n) is 2.84. The van der Waals surface area contributed by atoms with Gasteiger partial charge in [-0.25, -0.2) is 4.79 Å². The van der Waals surface area contributed by atoms with E-state index in [9.17, 15) is 9.59 Å². The number of furan rings is 1. The van der Waals surface area contributed by atoms with Crippen LogP contribution in [0.25, 0.3) is 0 Å². The molecule has 0 aliphatic carbocycles. The number of nitrogen functional groups attached to an aromatic ring is 1. The van der Waals surface area contributed by atoms with Crippen LogP contribution >= 0.6 is 0 Å². The van der Waals surface area contributed by atoms with Crippen LogP contribution in [0.3, 0.4) is 0 Å². The molecular formula is C15H13NO5. The standard InChI is InChI=1S/C15H13NO5/c16-10-3-1-9(2-4-10)7-14-11(5-6-21-14)12(17)8-13(18)15(19)20/h1-6,8,18H,7,16H2,(H,19,20). The number of anilines is 1. The van der Waals surface area contributed by atoms with Crippen molar-refractivity contribution < 1.29 is 24.2 Å². The summed E-state index contributed by atoms with van der Waals surface area (Å²) in [7, 11) is 0. The van der Waals surface area contributed by atoms with E-state index in [2.05, 4.69) is 0 Å². The van der Waals surface area contributed by atoms with Crippen molar-refractivity contribution in [3.8, 4) is 0 Å². The number of aliphatic hydroxyl groups excluding tert-OH is 1. The Labute approximate surface area is 120 Å². The average Bonchev–Trinajstić information content (AvgIpc) is 2.89. The van der Waals surface area contributed by atoms with Crippen molar-refractivity contribution >= 4 is 17.4 Å². The molecule has 2 aromatic rings. The molecule has 1 aromatic carbocycles. The molecule has 1 heterocycles. The summed E-state index contributed by atoms with van der Waals surface area (Å²) in [5.41, 5.74) is 7.32. The summed E-state index contributed by atoms with van der Waals surface area (Å²) in [6.45, 7) is 0. The molecule has 0 saturated carbocycles. The van der Waals surface area contributed by atoms with Gasteiger partial charge < -0.3 is 20.4 Å². The van der Waals surface area contributed by atoms with Crippen molar-refractivity contribution in [1.82, 2.24) is 0 Å². The van der Waals surface area contributed by atoms with Crippen LogP contribution in [-0.4, -0.2) is 22.0 Å². The maximum absolute atomic E-state index is 11.9. The zero-order valence-corrected chi connectivity index (χ0v) is 10.9. The summed E-state index contributed by atoms with van der Waals surface area (Å²) in [6, 6.07) is 8.50. The fourth-order valence-corrected chi connectivity index (χ4v) is 1.78. The van der Waals surface area contributed by atoms with Gasteiger partial charge in [-0.05, 0) is 23.8 Å². The van der Waals surface area contributed by atoms with Gasteiger partial charge in [0.05, 0.1) is 11.8 Å². The SMILES string of the molecule is Nc1ccc(Cc2occc2C(=O)C=C(O)C(=O)O)cc1. The van der Waals surface area contributed by atoms with Crippen molar-refractivity contribution in [2.45, 2.75) is 6.42 Å². The number of carboxylic acids is 1. The Bertz CT molecular complexity index is 697. The molecular weight excluding hydrogens is 274 g/mol. The minimum Gasteiger partial charge on any atom is -0.502 e. The van der Waals surface area contributed by atoms with Gasteiger partial charge in [0.1, 0.15) is 5.76 Å². The van der Waals surface area contributed by atoms with Gasteiger partial charge in [-0.1, -0.05) is 12.1 Å². The Hall–Kier alpha value is -3.02. The highest BCUT2D eigenvalue weighted by Gasteiger charge is 2.16. The topological polar surface area (TPSA) is 114 Å². The first kappa shape index (κ1) is 14.4. The summed E-state index contributed by atoms with van der Waals surface area (Å²) in [6.07, 6.45) is 2.35. The van der Waals surface area contributed by atoms with Crippen LogP contribution in [0.15, 0.2) is 52.8 Å². The van der Waals surface area contributed by atoms with Crippen molar-refractivity contribution in [2.24, 2.45) is 0 Å². The molecule has 0 amide bonds. The molecule has 0 aliphatic heterocycles. The molecule has 0 spiro atoms. The highest BCUT2D eigenvalue weighted by molar-refractivity contribution is 6.08. The summed E-state index contributed by atoms with van der Waals surface area (Å²) in [5.74, 6) is -2.82. The zero-order chi connectivity index (χ0) is 15.4. The van der Waals surface area contributed by atoms with Gasteiger partial charge in [0, 0.05) is 18.2 Å². The van der Waals surface area contributed by atoms with Crippen molar-refractivity contribution in [3.63, 3.8) is 0 Å². The van der Waals surface area contributed by atoms with E-state index in [0.29, 0.717) is 23.9 Å². The highest BCUT2D eigenvalue weighted by Crippen LogP contribution is 2.18. The second-order valence-corrected chi connectivity index (χ2v) is 4.37. The lowest BCUT2D eigenvalue weighted by molar-refractivity contribution is -0.135. The number of rotatable bonds is 5. The van der Waals surface area contributed by atoms with Gasteiger partial charge in [0.15, 0.2) is 5.78 Å². The first-order chi connectivity index (χ1) is 9.97. The number of carbonyl (C=O) groups is 2. The van der Waals surface area contributed by atoms with Crippen LogP contribution < -0.4 is 5.73 Å². The minimum absolute atomic E-state index is 0.208. The average molecular weight is 287 g/mol. The zero-order valence-electron chi connectivity index (χ0n) is 10.9. The first-order valence-electron chi connectivity index (χ1n) is 6.06. The Morgan fingerprint density at radius 2 is 1.81 bits per heavy atom. The van der Waals surface area contributed by atoms with Crippen molar-refractivity contribution in [2.75, 3.05) is 5.73 Å². The van der Waals surface area contributed by atoms with E-state index in [1.807, 2.05) is 0 Å². The van der Waals surface area contributed by atoms with Crippen molar-refractivity contribution in [3.05, 3.63) is 65.3 Å². The number of aliphatic hydroxyl groups is 1. The number of hydrogen-bond donors (Lipinski definition) is 3. The fourth-order valence-electron chi connectivity index (χ4n) is 1.78. The highest BCUT2D eigenvalue weighted by atomic mass is 16.4. The quantitative estimate of drug-likeness (QED) is 0.336. The van der Waals surface area contributed by atoms with Gasteiger partial charge in [-0.15, -0.1) is 0 Å². The molecule has 0 saturated heterocycles. The van der Waals surface area contributed by atoms with Crippen LogP contribution in [0.5, 0.6) is 0 Å². The number of ketones is 1. The monoisotopic (exact) mass is 287 g/mol. The molecule has 0 unspecified atom stereocenters. The van der Waals surface area contributed by atoms with E-state index in [1.165, 1.54) is 12.3 Å². The Kier molecular flexibility index (Phi) is 4.08. The molecule has 6 heteroatoms. The van der Waals surface area contributed by atoms with Crippen LogP contribution in [-0.2, 0) is 11.2 Å². The molecule has 0 radical (unpaired) electrons. The molecule has 21 heavy (non-hydrogen) atoms. The second-order valence-electron chi connectivity index (χ2n) is 4.37. The van der Waals surface area contributed by atoms with Crippen LogP contribution in [0.2, 0.25) is 0 Å². The van der Waals surface area contributed by atoms with E-state index in [-0.39, 0.29) is 5.56 Å². The maximum atomic E-state index is 11.9. The van der Waals surface area contributed by atoms with Gasteiger partial charge in [0.25, 0.3) is 0 Å². The number of carboxylic acid groups (broad SMARTS) is 1. The van der Waals surface area contributed by atoms with Gasteiger partial charge in [0.2, 0.25) is 5.76 Å². The summed E-state index contributed by atoms with van der Waals surface area (Å²) in [5, 5.41) is 17.7. The minimum atomic E-state index is -1.56. The number of hydrogen-bond acceptors (Lipinski definition) is 5. The molecule has 108 valence electrons. The van der Waals surface area contributed by atoms with Crippen LogP contribution in [0, 0.1) is 0 Å². The number of carbonyl (C=O) groups excluding carboxylic acids is 1. The van der Waals surface area contributed by atoms with Gasteiger partial charge in [-0.3, -0.25) is 4.79 Å². The second kappa shape index (κ2) is 5.96. The van der Waals surface area contributed by atoms with Gasteiger partial charge in [-0.2, -0.15) is 0 Å². The third kappa shape index (κ3) is 3.50. The maximum Gasteiger partial charge on any atom is 0.371 e. The summed E-state index contributed by atoms with van der Waals surface area (Å²) >= 11 is 0. The molecule has 0 fully saturated rings. The third-order valence-corrected chi connectivity index (χ3v) is 2.84. The molecule has 1 aromatic heterocycles. The summed E-state index contributed by atoms with van der Waals surface area (Å²) < 4.78 is 5.25. The predicted molar refractivity (Wildman–Crippen MR) is 75.0 cm³/mol. The van der Waals surface area contributed by atoms with Crippen molar-refractivity contribution in [1.29, 1.82) is 0 Å². The number of nitrogens with two attached hydrogens (primary N) is 1. The molecule has 6 nitrogen and oxygen atoms in total. The van der Waals surface area contributed by atoms with E-state index in [1.54, 1.807) is 24.3 Å². The summed E-state index contributed by atoms with van der Waals surface area (Å²) in [4.78, 5) is 22.4. The van der Waals surface area contributed by atoms with E-state index >= 15 is 0 Å². The van der Waals surface area contributed by atoms with Crippen LogP contribution in [0.1, 0.15) is 21.7 Å². The normalized spacial score (nSPS) is 11.3. The molecule has 0 bridgehead atoms. The number of allylic oxidation sites excluding steroid dienone is 1. The van der Waals surface area contributed by atoms with Gasteiger partial charge >= 0.3 is 5.97 Å². The van der Waals surface area contributed by atoms with E-state index in [0.717, 1.165) is 5.56 Å². The Balaban J connectivity index is 2.22. The fraction of sp³-hybridized carbons (Fsp3) is 0.0667. The largest absolute Gasteiger partial charge is 0.502 e. The molecule has 0 atom stereocenters. The molecule has 4 N–H and O–H groups in total. The molecule has 2 rings (SSSR count). The number of benzene rings is 1.